The Hall–Kier alpha value is -2.43. The van der Waals surface area contributed by atoms with Crippen LogP contribution in [0.25, 0.3) is 0 Å². The van der Waals surface area contributed by atoms with E-state index in [4.69, 9.17) is 10.00 Å². The summed E-state index contributed by atoms with van der Waals surface area (Å²) in [6.07, 6.45) is 3.59. The number of amides is 1. The molecule has 1 amide bonds. The standard InChI is InChI=1S/C20H26N4O3/c1-14(19(25)24(13-7-12-21)15-8-3-2-4-9-15)27-20(26)18-16-10-5-6-11-17(16)22-23-18/h2-4,8-9,14,16-18,22-23H,5-7,10-11,13H2,1H3. The molecular weight excluding hydrogens is 344 g/mol. The number of nitriles is 1. The van der Waals surface area contributed by atoms with Crippen LogP contribution in [0.15, 0.2) is 30.3 Å². The Morgan fingerprint density at radius 3 is 2.74 bits per heavy atom. The number of hydrogen-bond acceptors (Lipinski definition) is 6. The summed E-state index contributed by atoms with van der Waals surface area (Å²) in [4.78, 5) is 27.0. The van der Waals surface area contributed by atoms with Gasteiger partial charge in [-0.2, -0.15) is 5.26 Å². The maximum Gasteiger partial charge on any atom is 0.325 e. The number of carbonyl (C=O) groups is 2. The van der Waals surface area contributed by atoms with Gasteiger partial charge in [0, 0.05) is 24.2 Å². The first-order valence-electron chi connectivity index (χ1n) is 9.56. The van der Waals surface area contributed by atoms with Gasteiger partial charge < -0.3 is 9.64 Å². The summed E-state index contributed by atoms with van der Waals surface area (Å²) in [5, 5.41) is 8.89. The Morgan fingerprint density at radius 2 is 2.00 bits per heavy atom. The predicted molar refractivity (Wildman–Crippen MR) is 100 cm³/mol. The van der Waals surface area contributed by atoms with Crippen molar-refractivity contribution < 1.29 is 14.3 Å². The molecule has 2 N–H and O–H groups in total. The van der Waals surface area contributed by atoms with Gasteiger partial charge in [-0.05, 0) is 31.9 Å². The third-order valence-corrected chi connectivity index (χ3v) is 5.35. The number of fused-ring (bicyclic) bond motifs is 1. The van der Waals surface area contributed by atoms with Crippen LogP contribution in [0.2, 0.25) is 0 Å². The molecule has 1 saturated heterocycles. The smallest absolute Gasteiger partial charge is 0.325 e. The van der Waals surface area contributed by atoms with Crippen molar-refractivity contribution >= 4 is 17.6 Å². The van der Waals surface area contributed by atoms with Gasteiger partial charge in [-0.25, -0.2) is 5.43 Å². The van der Waals surface area contributed by atoms with Crippen molar-refractivity contribution in [3.8, 4) is 6.07 Å². The fraction of sp³-hybridized carbons (Fsp3) is 0.550. The quantitative estimate of drug-likeness (QED) is 0.743. The SMILES string of the molecule is CC(OC(=O)C1NNC2CCCCC21)C(=O)N(CCC#N)c1ccccc1. The molecule has 1 saturated carbocycles. The van der Waals surface area contributed by atoms with Crippen LogP contribution in [0.1, 0.15) is 39.0 Å². The summed E-state index contributed by atoms with van der Waals surface area (Å²) < 4.78 is 5.51. The minimum Gasteiger partial charge on any atom is -0.451 e. The molecule has 1 aromatic carbocycles. The van der Waals surface area contributed by atoms with Gasteiger partial charge in [-0.1, -0.05) is 31.0 Å². The number of benzene rings is 1. The number of anilines is 1. The molecule has 3 rings (SSSR count). The summed E-state index contributed by atoms with van der Waals surface area (Å²) in [7, 11) is 0. The highest BCUT2D eigenvalue weighted by Crippen LogP contribution is 2.30. The van der Waals surface area contributed by atoms with Gasteiger partial charge in [-0.3, -0.25) is 15.0 Å². The Labute approximate surface area is 159 Å². The highest BCUT2D eigenvalue weighted by atomic mass is 16.5. The van der Waals surface area contributed by atoms with E-state index in [0.29, 0.717) is 11.7 Å². The van der Waals surface area contributed by atoms with E-state index in [2.05, 4.69) is 16.9 Å². The van der Waals surface area contributed by atoms with Gasteiger partial charge in [0.15, 0.2) is 6.10 Å². The highest BCUT2D eigenvalue weighted by molar-refractivity contribution is 5.97. The molecule has 4 unspecified atom stereocenters. The normalized spacial score (nSPS) is 25.1. The molecule has 0 spiro atoms. The van der Waals surface area contributed by atoms with Crippen LogP contribution in [-0.4, -0.2) is 36.6 Å². The largest absolute Gasteiger partial charge is 0.451 e. The second-order valence-corrected chi connectivity index (χ2v) is 7.13. The molecule has 7 nitrogen and oxygen atoms in total. The van der Waals surface area contributed by atoms with Crippen molar-refractivity contribution in [2.24, 2.45) is 5.92 Å². The molecule has 0 bridgehead atoms. The Morgan fingerprint density at radius 1 is 1.26 bits per heavy atom. The van der Waals surface area contributed by atoms with E-state index in [0.717, 1.165) is 25.7 Å². The maximum absolute atomic E-state index is 12.9. The molecule has 0 aromatic heterocycles. The zero-order valence-electron chi connectivity index (χ0n) is 15.6. The maximum atomic E-state index is 12.9. The number of hydrogen-bond donors (Lipinski definition) is 2. The molecule has 1 aliphatic heterocycles. The first kappa shape index (κ1) is 19.3. The molecule has 144 valence electrons. The van der Waals surface area contributed by atoms with Crippen molar-refractivity contribution in [1.29, 1.82) is 5.26 Å². The van der Waals surface area contributed by atoms with Crippen LogP contribution >= 0.6 is 0 Å². The second-order valence-electron chi connectivity index (χ2n) is 7.13. The second kappa shape index (κ2) is 8.98. The molecule has 4 atom stereocenters. The first-order chi connectivity index (χ1) is 13.1. The molecule has 27 heavy (non-hydrogen) atoms. The topological polar surface area (TPSA) is 94.5 Å². The van der Waals surface area contributed by atoms with Crippen molar-refractivity contribution in [3.63, 3.8) is 0 Å². The number of nitrogens with one attached hydrogen (secondary N) is 2. The van der Waals surface area contributed by atoms with E-state index >= 15 is 0 Å². The van der Waals surface area contributed by atoms with Crippen molar-refractivity contribution in [2.45, 2.75) is 57.2 Å². The highest BCUT2D eigenvalue weighted by Gasteiger charge is 2.42. The zero-order chi connectivity index (χ0) is 19.2. The molecule has 1 heterocycles. The number of esters is 1. The number of carbonyl (C=O) groups excluding carboxylic acids is 2. The lowest BCUT2D eigenvalue weighted by molar-refractivity contribution is -0.156. The van der Waals surface area contributed by atoms with Gasteiger partial charge in [0.05, 0.1) is 12.5 Å². The fourth-order valence-electron chi connectivity index (χ4n) is 3.93. The Kier molecular flexibility index (Phi) is 6.43. The molecule has 0 radical (unpaired) electrons. The third kappa shape index (κ3) is 4.46. The molecule has 1 aliphatic carbocycles. The summed E-state index contributed by atoms with van der Waals surface area (Å²) in [6.45, 7) is 1.85. The minimum atomic E-state index is -0.916. The number of rotatable bonds is 6. The van der Waals surface area contributed by atoms with E-state index in [9.17, 15) is 9.59 Å². The Bertz CT molecular complexity index is 703. The van der Waals surface area contributed by atoms with Crippen LogP contribution in [0.5, 0.6) is 0 Å². The van der Waals surface area contributed by atoms with Gasteiger partial charge >= 0.3 is 5.97 Å². The van der Waals surface area contributed by atoms with Gasteiger partial charge in [0.25, 0.3) is 5.91 Å². The van der Waals surface area contributed by atoms with Gasteiger partial charge in [-0.15, -0.1) is 0 Å². The lowest BCUT2D eigenvalue weighted by Gasteiger charge is -2.28. The van der Waals surface area contributed by atoms with Crippen LogP contribution in [-0.2, 0) is 14.3 Å². The van der Waals surface area contributed by atoms with Crippen molar-refractivity contribution in [3.05, 3.63) is 30.3 Å². The summed E-state index contributed by atoms with van der Waals surface area (Å²) in [5.74, 6) is -0.514. The predicted octanol–water partition coefficient (Wildman–Crippen LogP) is 1.90. The van der Waals surface area contributed by atoms with Crippen LogP contribution < -0.4 is 15.8 Å². The number of ether oxygens (including phenoxy) is 1. The molecule has 1 aromatic rings. The number of para-hydroxylation sites is 1. The van der Waals surface area contributed by atoms with Crippen molar-refractivity contribution in [2.75, 3.05) is 11.4 Å². The van der Waals surface area contributed by atoms with Crippen LogP contribution in [0, 0.1) is 17.2 Å². The van der Waals surface area contributed by atoms with Crippen LogP contribution in [0.3, 0.4) is 0 Å². The van der Waals surface area contributed by atoms with E-state index < -0.39 is 18.1 Å². The summed E-state index contributed by atoms with van der Waals surface area (Å²) in [5.41, 5.74) is 6.92. The Balaban J connectivity index is 1.64. The average molecular weight is 370 g/mol. The van der Waals surface area contributed by atoms with Gasteiger partial charge in [0.2, 0.25) is 0 Å². The van der Waals surface area contributed by atoms with E-state index in [1.54, 1.807) is 19.1 Å². The molecular formula is C20H26N4O3. The average Bonchev–Trinajstić information content (AvgIpc) is 3.13. The number of hydrazine groups is 1. The molecule has 2 fully saturated rings. The number of nitrogens with zero attached hydrogens (tertiary/aromatic N) is 2. The summed E-state index contributed by atoms with van der Waals surface area (Å²) in [6, 6.07) is 11.1. The first-order valence-corrected chi connectivity index (χ1v) is 9.56. The summed E-state index contributed by atoms with van der Waals surface area (Å²) >= 11 is 0. The monoisotopic (exact) mass is 370 g/mol. The molecule has 7 heteroatoms. The third-order valence-electron chi connectivity index (χ3n) is 5.35. The van der Waals surface area contributed by atoms with Crippen molar-refractivity contribution in [1.82, 2.24) is 10.9 Å². The molecule has 2 aliphatic rings. The zero-order valence-corrected chi connectivity index (χ0v) is 15.6. The van der Waals surface area contributed by atoms with Gasteiger partial charge in [0.1, 0.15) is 6.04 Å². The lowest BCUT2D eigenvalue weighted by Crippen LogP contribution is -2.45. The van der Waals surface area contributed by atoms with E-state index in [-0.39, 0.29) is 24.8 Å². The lowest BCUT2D eigenvalue weighted by atomic mass is 9.82. The fourth-order valence-corrected chi connectivity index (χ4v) is 3.93. The van der Waals surface area contributed by atoms with E-state index in [1.807, 2.05) is 18.2 Å². The van der Waals surface area contributed by atoms with Crippen LogP contribution in [0.4, 0.5) is 5.69 Å². The van der Waals surface area contributed by atoms with E-state index in [1.165, 1.54) is 4.90 Å². The minimum absolute atomic E-state index is 0.206.